The molecular weight excluding hydrogens is 167 g/mol. The molecule has 6 heavy (non-hydrogen) atoms. The molecule has 0 aromatic heterocycles. The molecule has 0 heterocycles. The second kappa shape index (κ2) is 10.5. The maximum Gasteiger partial charge on any atom is 0.643 e. The average molecular weight is 170 g/mol. The fourth-order valence-corrected chi connectivity index (χ4v) is 0. The van der Waals surface area contributed by atoms with Gasteiger partial charge < -0.3 is 0 Å². The Labute approximate surface area is 76.8 Å². The van der Waals surface area contributed by atoms with Crippen LogP contribution in [-0.2, 0) is 0 Å². The predicted octanol–water partition coefficient (Wildman–Crippen LogP) is 0.123. The quantitative estimate of drug-likeness (QED) is 0.453. The third-order valence-electron chi connectivity index (χ3n) is 0. The van der Waals surface area contributed by atoms with Crippen LogP contribution in [0.2, 0.25) is 0 Å². The number of rotatable bonds is 0. The fourth-order valence-electron chi connectivity index (χ4n) is 0. The van der Waals surface area contributed by atoms with Gasteiger partial charge in [-0.25, -0.2) is 30.1 Å². The smallest absolute Gasteiger partial charge is 0.214 e. The van der Waals surface area contributed by atoms with E-state index < -0.39 is 11.4 Å². The minimum atomic E-state index is -1.72. The van der Waals surface area contributed by atoms with Crippen molar-refractivity contribution in [3.05, 3.63) is 0 Å². The van der Waals surface area contributed by atoms with E-state index >= 15 is 0 Å². The van der Waals surface area contributed by atoms with Gasteiger partial charge in [-0.1, -0.05) is 0 Å². The topological polar surface area (TPSA) is 0 Å². The molecule has 0 aliphatic rings. The first-order valence-electron chi connectivity index (χ1n) is 0.655. The van der Waals surface area contributed by atoms with Crippen LogP contribution in [0.4, 0.5) is 0 Å². The summed E-state index contributed by atoms with van der Waals surface area (Å²) in [5.41, 5.74) is 0. The van der Waals surface area contributed by atoms with Gasteiger partial charge in [0.25, 0.3) is 0 Å². The van der Waals surface area contributed by atoms with Crippen LogP contribution in [0.25, 0.3) is 0 Å². The Hall–Kier alpha value is 2.53. The average Bonchev–Trinajstić information content (AvgIpc) is 0.811. The standard InChI is InChI=1S/2Al.3ClH.Li.3H/h;;3*1H;;;;/q;+3;;;;;;;/p-3. The second-order valence-corrected chi connectivity index (χ2v) is 6.68. The van der Waals surface area contributed by atoms with Crippen LogP contribution >= 0.6 is 30.1 Å². The van der Waals surface area contributed by atoms with Gasteiger partial charge >= 0.3 is 11.4 Å². The maximum absolute atomic E-state index is 4.94. The van der Waals surface area contributed by atoms with Crippen molar-refractivity contribution in [2.24, 2.45) is 0 Å². The van der Waals surface area contributed by atoms with Gasteiger partial charge in [0.15, 0.2) is 17.4 Å². The van der Waals surface area contributed by atoms with E-state index in [2.05, 4.69) is 0 Å². The molecule has 0 spiro atoms. The van der Waals surface area contributed by atoms with Crippen LogP contribution in [0.3, 0.4) is 0 Å². The van der Waals surface area contributed by atoms with Crippen molar-refractivity contribution in [3.8, 4) is 0 Å². The zero-order chi connectivity index (χ0) is 3.58. The Kier molecular flexibility index (Phi) is 27.7. The molecule has 0 N–H and O–H groups in total. The van der Waals surface area contributed by atoms with Crippen LogP contribution in [0.15, 0.2) is 0 Å². The molecule has 31 valence electrons. The molecule has 0 bridgehead atoms. The third-order valence-corrected chi connectivity index (χ3v) is 0. The Morgan fingerprint density at radius 3 is 1.00 bits per heavy atom. The molecule has 0 rings (SSSR count). The van der Waals surface area contributed by atoms with Crippen molar-refractivity contribution in [2.75, 3.05) is 0 Å². The summed E-state index contributed by atoms with van der Waals surface area (Å²) in [5, 5.41) is 0. The Balaban J connectivity index is -0.0000000450. The van der Waals surface area contributed by atoms with Gasteiger partial charge in [-0.3, -0.25) is 0 Å². The summed E-state index contributed by atoms with van der Waals surface area (Å²) in [7, 11) is 14.8. The summed E-state index contributed by atoms with van der Waals surface area (Å²) < 4.78 is 0. The van der Waals surface area contributed by atoms with Gasteiger partial charge in [-0.05, 0) is 0 Å². The van der Waals surface area contributed by atoms with Gasteiger partial charge in [-0.2, -0.15) is 0 Å². The molecule has 0 unspecified atom stereocenters. The summed E-state index contributed by atoms with van der Waals surface area (Å²) in [4.78, 5) is 0. The fraction of sp³-hybridized carbons (Fsp3) is 0. The first kappa shape index (κ1) is 15.8. The van der Waals surface area contributed by atoms with Gasteiger partial charge in [-0.15, -0.1) is 0 Å². The zero-order valence-electron chi connectivity index (χ0n) is 2.71. The van der Waals surface area contributed by atoms with E-state index in [9.17, 15) is 0 Å². The first-order chi connectivity index (χ1) is 1.73. The van der Waals surface area contributed by atoms with Crippen molar-refractivity contribution in [3.63, 3.8) is 0 Å². The van der Waals surface area contributed by atoms with Crippen LogP contribution in [-0.4, -0.2) is 47.6 Å². The number of hydrogen-bond donors (Lipinski definition) is 0. The van der Waals surface area contributed by atoms with E-state index in [0.717, 1.165) is 0 Å². The summed E-state index contributed by atoms with van der Waals surface area (Å²) in [5.74, 6) is 0. The van der Waals surface area contributed by atoms with Crippen molar-refractivity contribution >= 4 is 77.8 Å². The molecule has 0 aromatic rings. The summed E-state index contributed by atoms with van der Waals surface area (Å²) in [6.07, 6.45) is 0. The SMILES string of the molecule is [AlH3].[Cl][Al]([Cl])[Cl].[Li]. The van der Waals surface area contributed by atoms with E-state index in [4.69, 9.17) is 30.1 Å². The minimum absolute atomic E-state index is 0. The van der Waals surface area contributed by atoms with Crippen LogP contribution in [0.5, 0.6) is 0 Å². The maximum atomic E-state index is 4.94. The minimum Gasteiger partial charge on any atom is -0.214 e. The first-order valence-corrected chi connectivity index (χ1v) is 5.89. The van der Waals surface area contributed by atoms with E-state index in [1.807, 2.05) is 0 Å². The largest absolute Gasteiger partial charge is 0.643 e. The van der Waals surface area contributed by atoms with E-state index in [1.165, 1.54) is 0 Å². The Bertz CT molecular complexity index is 13.5. The van der Waals surface area contributed by atoms with Crippen LogP contribution in [0.1, 0.15) is 0 Å². The molecule has 0 saturated carbocycles. The van der Waals surface area contributed by atoms with Gasteiger partial charge in [0.05, 0.1) is 0 Å². The van der Waals surface area contributed by atoms with Crippen molar-refractivity contribution in [1.82, 2.24) is 0 Å². The molecule has 1 radical (unpaired) electrons. The third kappa shape index (κ3) is 31.2. The molecule has 0 amide bonds. The predicted molar refractivity (Wildman–Crippen MR) is 39.0 cm³/mol. The summed E-state index contributed by atoms with van der Waals surface area (Å²) in [6, 6.07) is 0. The van der Waals surface area contributed by atoms with Gasteiger partial charge in [0.2, 0.25) is 0 Å². The van der Waals surface area contributed by atoms with Crippen molar-refractivity contribution in [2.45, 2.75) is 0 Å². The normalized spacial score (nSPS) is 4.50. The van der Waals surface area contributed by atoms with E-state index in [-0.39, 0.29) is 36.2 Å². The molecule has 0 aliphatic heterocycles. The summed E-state index contributed by atoms with van der Waals surface area (Å²) >= 11 is -1.72. The molecular formula is H3Al2Cl3Li. The second-order valence-electron chi connectivity index (χ2n) is 0.247. The summed E-state index contributed by atoms with van der Waals surface area (Å²) in [6.45, 7) is 0. The van der Waals surface area contributed by atoms with Gasteiger partial charge in [0.1, 0.15) is 0 Å². The van der Waals surface area contributed by atoms with Crippen molar-refractivity contribution < 1.29 is 0 Å². The molecule has 0 aromatic carbocycles. The van der Waals surface area contributed by atoms with Gasteiger partial charge in [0, 0.05) is 18.9 Å². The Morgan fingerprint density at radius 1 is 1.00 bits per heavy atom. The molecule has 0 fully saturated rings. The molecule has 0 nitrogen and oxygen atoms in total. The van der Waals surface area contributed by atoms with Crippen LogP contribution < -0.4 is 0 Å². The van der Waals surface area contributed by atoms with Crippen molar-refractivity contribution in [1.29, 1.82) is 0 Å². The molecule has 0 atom stereocenters. The Morgan fingerprint density at radius 2 is 1.00 bits per heavy atom. The molecule has 0 aliphatic carbocycles. The monoisotopic (exact) mass is 169 g/mol. The number of hydrogen-bond acceptors (Lipinski definition) is 0. The number of halogens is 3. The zero-order valence-corrected chi connectivity index (χ0v) is 6.13. The molecule has 6 heteroatoms. The van der Waals surface area contributed by atoms with Crippen LogP contribution in [0, 0.1) is 0 Å². The molecule has 0 saturated heterocycles. The van der Waals surface area contributed by atoms with E-state index in [1.54, 1.807) is 0 Å². The van der Waals surface area contributed by atoms with E-state index in [0.29, 0.717) is 0 Å².